The molecule has 2 N–H and O–H groups in total. The van der Waals surface area contributed by atoms with E-state index in [1.54, 1.807) is 18.3 Å². The first-order valence-electron chi connectivity index (χ1n) is 8.92. The Balaban J connectivity index is 1.86. The van der Waals surface area contributed by atoms with Crippen molar-refractivity contribution >= 4 is 40.7 Å². The van der Waals surface area contributed by atoms with E-state index < -0.39 is 0 Å². The molecule has 0 bridgehead atoms. The minimum atomic E-state index is 0.519. The Hall–Kier alpha value is -2.41. The molecule has 28 heavy (non-hydrogen) atoms. The standard InChI is InChI=1S/C20H22Cl2N6/c1-28(2)11-5-10-24-20-26-18(17-6-3-4-9-23-17)13-19(27-20)25-16-8-7-14(21)12-15(16)22/h3-4,6-9,12-13H,5,10-11H2,1-2H3,(H2,24,25,26,27). The number of aromatic nitrogens is 3. The molecule has 0 aliphatic rings. The molecular formula is C20H22Cl2N6. The maximum atomic E-state index is 6.29. The first kappa shape index (κ1) is 20.3. The maximum absolute atomic E-state index is 6.29. The summed E-state index contributed by atoms with van der Waals surface area (Å²) in [7, 11) is 4.10. The molecule has 2 aromatic heterocycles. The van der Waals surface area contributed by atoms with Crippen molar-refractivity contribution in [2.24, 2.45) is 0 Å². The third kappa shape index (κ3) is 5.79. The Bertz CT molecular complexity index is 918. The second kappa shape index (κ2) is 9.68. The minimum absolute atomic E-state index is 0.519. The van der Waals surface area contributed by atoms with Gasteiger partial charge in [-0.15, -0.1) is 0 Å². The van der Waals surface area contributed by atoms with Crippen molar-refractivity contribution in [2.75, 3.05) is 37.8 Å². The summed E-state index contributed by atoms with van der Waals surface area (Å²) in [6.07, 6.45) is 2.72. The van der Waals surface area contributed by atoms with Gasteiger partial charge in [0.1, 0.15) is 5.82 Å². The van der Waals surface area contributed by atoms with Gasteiger partial charge in [0.15, 0.2) is 0 Å². The second-order valence-electron chi connectivity index (χ2n) is 6.51. The zero-order chi connectivity index (χ0) is 19.9. The van der Waals surface area contributed by atoms with Gasteiger partial charge in [-0.3, -0.25) is 4.98 Å². The fourth-order valence-electron chi connectivity index (χ4n) is 2.56. The SMILES string of the molecule is CN(C)CCCNc1nc(Nc2ccc(Cl)cc2Cl)cc(-c2ccccn2)n1. The summed E-state index contributed by atoms with van der Waals surface area (Å²) in [5.74, 6) is 1.16. The van der Waals surface area contributed by atoms with Crippen molar-refractivity contribution in [2.45, 2.75) is 6.42 Å². The molecule has 3 rings (SSSR count). The van der Waals surface area contributed by atoms with Gasteiger partial charge in [0.25, 0.3) is 0 Å². The number of anilines is 3. The average molecular weight is 417 g/mol. The van der Waals surface area contributed by atoms with Gasteiger partial charge in [0.05, 0.1) is 22.1 Å². The molecule has 6 nitrogen and oxygen atoms in total. The summed E-state index contributed by atoms with van der Waals surface area (Å²) in [5.41, 5.74) is 2.21. The molecule has 3 aromatic rings. The highest BCUT2D eigenvalue weighted by Crippen LogP contribution is 2.29. The molecule has 0 aliphatic carbocycles. The minimum Gasteiger partial charge on any atom is -0.354 e. The summed E-state index contributed by atoms with van der Waals surface area (Å²) in [6, 6.07) is 12.8. The smallest absolute Gasteiger partial charge is 0.225 e. The van der Waals surface area contributed by atoms with Gasteiger partial charge in [0.2, 0.25) is 5.95 Å². The number of pyridine rings is 1. The Labute approximate surface area is 174 Å². The van der Waals surface area contributed by atoms with Gasteiger partial charge < -0.3 is 15.5 Å². The molecule has 0 unspecified atom stereocenters. The Morgan fingerprint density at radius 3 is 2.57 bits per heavy atom. The molecule has 0 saturated heterocycles. The van der Waals surface area contributed by atoms with Crippen LogP contribution in [-0.2, 0) is 0 Å². The predicted octanol–water partition coefficient (Wildman–Crippen LogP) is 4.95. The molecule has 0 saturated carbocycles. The van der Waals surface area contributed by atoms with E-state index >= 15 is 0 Å². The molecule has 1 aromatic carbocycles. The highest BCUT2D eigenvalue weighted by atomic mass is 35.5. The van der Waals surface area contributed by atoms with Crippen LogP contribution in [0.3, 0.4) is 0 Å². The van der Waals surface area contributed by atoms with Crippen LogP contribution in [-0.4, -0.2) is 47.0 Å². The van der Waals surface area contributed by atoms with E-state index in [0.717, 1.165) is 36.6 Å². The zero-order valence-electron chi connectivity index (χ0n) is 15.8. The molecular weight excluding hydrogens is 395 g/mol. The van der Waals surface area contributed by atoms with Crippen LogP contribution in [0, 0.1) is 0 Å². The third-order valence-electron chi connectivity index (χ3n) is 3.91. The quantitative estimate of drug-likeness (QED) is 0.506. The number of rotatable bonds is 8. The molecule has 0 fully saturated rings. The van der Waals surface area contributed by atoms with Gasteiger partial charge in [-0.25, -0.2) is 4.98 Å². The summed E-state index contributed by atoms with van der Waals surface area (Å²) < 4.78 is 0. The lowest BCUT2D eigenvalue weighted by molar-refractivity contribution is 0.405. The summed E-state index contributed by atoms with van der Waals surface area (Å²) >= 11 is 12.3. The van der Waals surface area contributed by atoms with Crippen molar-refractivity contribution in [1.82, 2.24) is 19.9 Å². The molecule has 0 aliphatic heterocycles. The topological polar surface area (TPSA) is 66.0 Å². The van der Waals surface area contributed by atoms with Crippen LogP contribution in [0.5, 0.6) is 0 Å². The van der Waals surface area contributed by atoms with Crippen LogP contribution in [0.25, 0.3) is 11.4 Å². The first-order chi connectivity index (χ1) is 13.5. The van der Waals surface area contributed by atoms with E-state index in [0.29, 0.717) is 21.8 Å². The van der Waals surface area contributed by atoms with E-state index in [2.05, 4.69) is 44.6 Å². The Morgan fingerprint density at radius 1 is 1.00 bits per heavy atom. The van der Waals surface area contributed by atoms with E-state index in [1.165, 1.54) is 0 Å². The second-order valence-corrected chi connectivity index (χ2v) is 7.35. The molecule has 0 atom stereocenters. The number of nitrogens with one attached hydrogen (secondary N) is 2. The fraction of sp³-hybridized carbons (Fsp3) is 0.250. The Kier molecular flexibility index (Phi) is 7.03. The van der Waals surface area contributed by atoms with Crippen molar-refractivity contribution in [3.05, 3.63) is 58.7 Å². The van der Waals surface area contributed by atoms with Gasteiger partial charge in [0, 0.05) is 23.8 Å². The number of halogens is 2. The van der Waals surface area contributed by atoms with E-state index in [9.17, 15) is 0 Å². The van der Waals surface area contributed by atoms with Gasteiger partial charge in [-0.1, -0.05) is 29.3 Å². The molecule has 0 radical (unpaired) electrons. The van der Waals surface area contributed by atoms with Crippen LogP contribution >= 0.6 is 23.2 Å². The molecule has 0 spiro atoms. The predicted molar refractivity (Wildman–Crippen MR) is 117 cm³/mol. The fourth-order valence-corrected chi connectivity index (χ4v) is 3.02. The van der Waals surface area contributed by atoms with E-state index in [-0.39, 0.29) is 0 Å². The number of hydrogen-bond acceptors (Lipinski definition) is 6. The van der Waals surface area contributed by atoms with Crippen LogP contribution in [0.1, 0.15) is 6.42 Å². The lowest BCUT2D eigenvalue weighted by Gasteiger charge is -2.13. The summed E-state index contributed by atoms with van der Waals surface area (Å²) in [4.78, 5) is 15.7. The normalized spacial score (nSPS) is 10.9. The molecule has 146 valence electrons. The lowest BCUT2D eigenvalue weighted by Crippen LogP contribution is -2.17. The van der Waals surface area contributed by atoms with Gasteiger partial charge in [-0.05, 0) is 57.4 Å². The summed E-state index contributed by atoms with van der Waals surface area (Å²) in [5, 5.41) is 7.63. The van der Waals surface area contributed by atoms with Crippen molar-refractivity contribution in [3.8, 4) is 11.4 Å². The monoisotopic (exact) mass is 416 g/mol. The van der Waals surface area contributed by atoms with Gasteiger partial charge in [-0.2, -0.15) is 4.98 Å². The van der Waals surface area contributed by atoms with E-state index in [4.69, 9.17) is 23.2 Å². The van der Waals surface area contributed by atoms with Crippen LogP contribution in [0.4, 0.5) is 17.5 Å². The molecule has 0 amide bonds. The number of hydrogen-bond donors (Lipinski definition) is 2. The van der Waals surface area contributed by atoms with Crippen molar-refractivity contribution in [1.29, 1.82) is 0 Å². The Morgan fingerprint density at radius 2 is 1.86 bits per heavy atom. The number of benzene rings is 1. The highest BCUT2D eigenvalue weighted by molar-refractivity contribution is 6.36. The largest absolute Gasteiger partial charge is 0.354 e. The molecule has 8 heteroatoms. The van der Waals surface area contributed by atoms with Crippen molar-refractivity contribution < 1.29 is 0 Å². The van der Waals surface area contributed by atoms with Crippen molar-refractivity contribution in [3.63, 3.8) is 0 Å². The molecule has 2 heterocycles. The average Bonchev–Trinajstić information content (AvgIpc) is 2.68. The number of nitrogens with zero attached hydrogens (tertiary/aromatic N) is 4. The van der Waals surface area contributed by atoms with Crippen LogP contribution < -0.4 is 10.6 Å². The van der Waals surface area contributed by atoms with Gasteiger partial charge >= 0.3 is 0 Å². The zero-order valence-corrected chi connectivity index (χ0v) is 17.3. The lowest BCUT2D eigenvalue weighted by atomic mass is 10.2. The highest BCUT2D eigenvalue weighted by Gasteiger charge is 2.10. The van der Waals surface area contributed by atoms with Crippen LogP contribution in [0.15, 0.2) is 48.7 Å². The summed E-state index contributed by atoms with van der Waals surface area (Å²) in [6.45, 7) is 1.75. The van der Waals surface area contributed by atoms with E-state index in [1.807, 2.05) is 30.3 Å². The third-order valence-corrected chi connectivity index (χ3v) is 4.46. The maximum Gasteiger partial charge on any atom is 0.225 e. The first-order valence-corrected chi connectivity index (χ1v) is 9.68. The van der Waals surface area contributed by atoms with Crippen LogP contribution in [0.2, 0.25) is 10.0 Å².